The molecule has 0 aromatic heterocycles. The molecule has 0 spiro atoms. The molecule has 0 aliphatic heterocycles. The van der Waals surface area contributed by atoms with Crippen LogP contribution in [0.5, 0.6) is 5.75 Å². The first-order valence-electron chi connectivity index (χ1n) is 7.05. The van der Waals surface area contributed by atoms with Crippen LogP contribution in [0.4, 0.5) is 4.79 Å². The highest BCUT2D eigenvalue weighted by molar-refractivity contribution is 6.30. The Morgan fingerprint density at radius 1 is 1.20 bits per heavy atom. The molecule has 0 bridgehead atoms. The summed E-state index contributed by atoms with van der Waals surface area (Å²) >= 11 is 5.78. The number of nitrogens with one attached hydrogen (secondary N) is 2. The number of carbonyl (C=O) groups is 1. The predicted octanol–water partition coefficient (Wildman–Crippen LogP) is 3.45. The van der Waals surface area contributed by atoms with E-state index >= 15 is 0 Å². The molecule has 20 heavy (non-hydrogen) atoms. The van der Waals surface area contributed by atoms with E-state index in [-0.39, 0.29) is 6.03 Å². The second-order valence-corrected chi connectivity index (χ2v) is 5.06. The van der Waals surface area contributed by atoms with E-state index in [9.17, 15) is 4.79 Å². The first kappa shape index (κ1) is 16.6. The van der Waals surface area contributed by atoms with Crippen molar-refractivity contribution >= 4 is 17.6 Å². The maximum atomic E-state index is 11.5. The Bertz CT molecular complexity index is 391. The zero-order valence-corrected chi connectivity index (χ0v) is 12.9. The molecule has 0 heterocycles. The average molecular weight is 299 g/mol. The number of hydrogen-bond donors (Lipinski definition) is 2. The second-order valence-electron chi connectivity index (χ2n) is 4.62. The number of halogens is 1. The molecule has 1 aromatic carbocycles. The van der Waals surface area contributed by atoms with Crippen LogP contribution in [-0.2, 0) is 0 Å². The van der Waals surface area contributed by atoms with Gasteiger partial charge in [-0.2, -0.15) is 0 Å². The van der Waals surface area contributed by atoms with Crippen molar-refractivity contribution in [2.45, 2.75) is 26.7 Å². The molecule has 0 radical (unpaired) electrons. The number of benzene rings is 1. The molecular formula is C15H23ClN2O2. The summed E-state index contributed by atoms with van der Waals surface area (Å²) in [5, 5.41) is 6.31. The summed E-state index contributed by atoms with van der Waals surface area (Å²) in [4.78, 5) is 11.5. The number of ether oxygens (including phenoxy) is 1. The maximum Gasteiger partial charge on any atom is 0.314 e. The smallest absolute Gasteiger partial charge is 0.314 e. The van der Waals surface area contributed by atoms with Crippen LogP contribution in [0.1, 0.15) is 26.7 Å². The first-order chi connectivity index (χ1) is 9.65. The van der Waals surface area contributed by atoms with Gasteiger partial charge in [-0.05, 0) is 30.2 Å². The van der Waals surface area contributed by atoms with Gasteiger partial charge in [0, 0.05) is 11.6 Å². The Labute approximate surface area is 125 Å². The van der Waals surface area contributed by atoms with Crippen LogP contribution < -0.4 is 15.4 Å². The number of urea groups is 1. The lowest BCUT2D eigenvalue weighted by molar-refractivity contribution is 0.234. The van der Waals surface area contributed by atoms with Crippen LogP contribution in [0.2, 0.25) is 5.02 Å². The van der Waals surface area contributed by atoms with Gasteiger partial charge in [0.05, 0.1) is 6.54 Å². The molecule has 112 valence electrons. The molecule has 2 N–H and O–H groups in total. The van der Waals surface area contributed by atoms with E-state index in [1.54, 1.807) is 24.3 Å². The summed E-state index contributed by atoms with van der Waals surface area (Å²) in [6.07, 6.45) is 2.16. The van der Waals surface area contributed by atoms with Gasteiger partial charge < -0.3 is 15.4 Å². The van der Waals surface area contributed by atoms with E-state index in [1.165, 1.54) is 0 Å². The van der Waals surface area contributed by atoms with Crippen molar-refractivity contribution < 1.29 is 9.53 Å². The van der Waals surface area contributed by atoms with Gasteiger partial charge in [-0.3, -0.25) is 0 Å². The van der Waals surface area contributed by atoms with E-state index in [1.807, 2.05) is 0 Å². The van der Waals surface area contributed by atoms with E-state index in [4.69, 9.17) is 16.3 Å². The fraction of sp³-hybridized carbons (Fsp3) is 0.533. The van der Waals surface area contributed by atoms with Gasteiger partial charge in [-0.15, -0.1) is 0 Å². The van der Waals surface area contributed by atoms with Crippen molar-refractivity contribution in [3.05, 3.63) is 29.3 Å². The summed E-state index contributed by atoms with van der Waals surface area (Å²) in [5.74, 6) is 1.29. The van der Waals surface area contributed by atoms with E-state index < -0.39 is 0 Å². The zero-order valence-electron chi connectivity index (χ0n) is 12.1. The number of hydrogen-bond acceptors (Lipinski definition) is 2. The van der Waals surface area contributed by atoms with Crippen LogP contribution in [0.15, 0.2) is 24.3 Å². The molecule has 0 fully saturated rings. The molecule has 2 amide bonds. The lowest BCUT2D eigenvalue weighted by atomic mass is 10.0. The standard InChI is InChI=1S/C15H23ClN2O2/c1-3-12(4-2)11-18-15(19)17-9-10-20-14-7-5-13(16)6-8-14/h5-8,12H,3-4,9-11H2,1-2H3,(H2,17,18,19). The van der Waals surface area contributed by atoms with E-state index in [0.29, 0.717) is 24.1 Å². The number of carbonyl (C=O) groups excluding carboxylic acids is 1. The van der Waals surface area contributed by atoms with Gasteiger partial charge in [-0.1, -0.05) is 38.3 Å². The van der Waals surface area contributed by atoms with Gasteiger partial charge in [0.1, 0.15) is 12.4 Å². The summed E-state index contributed by atoms with van der Waals surface area (Å²) < 4.78 is 5.48. The highest BCUT2D eigenvalue weighted by atomic mass is 35.5. The monoisotopic (exact) mass is 298 g/mol. The SMILES string of the molecule is CCC(CC)CNC(=O)NCCOc1ccc(Cl)cc1. The number of rotatable bonds is 8. The predicted molar refractivity (Wildman–Crippen MR) is 82.4 cm³/mol. The van der Waals surface area contributed by atoms with Crippen molar-refractivity contribution in [3.8, 4) is 5.75 Å². The molecule has 0 unspecified atom stereocenters. The van der Waals surface area contributed by atoms with Gasteiger partial charge in [-0.25, -0.2) is 4.79 Å². The topological polar surface area (TPSA) is 50.4 Å². The van der Waals surface area contributed by atoms with Crippen molar-refractivity contribution in [1.29, 1.82) is 0 Å². The normalized spacial score (nSPS) is 10.4. The molecule has 0 atom stereocenters. The minimum absolute atomic E-state index is 0.142. The average Bonchev–Trinajstić information content (AvgIpc) is 2.46. The molecular weight excluding hydrogens is 276 g/mol. The van der Waals surface area contributed by atoms with Gasteiger partial charge in [0.15, 0.2) is 0 Å². The molecule has 5 heteroatoms. The molecule has 0 saturated heterocycles. The van der Waals surface area contributed by atoms with Crippen LogP contribution in [0.25, 0.3) is 0 Å². The maximum absolute atomic E-state index is 11.5. The van der Waals surface area contributed by atoms with Gasteiger partial charge in [0.25, 0.3) is 0 Å². The Hall–Kier alpha value is -1.42. The van der Waals surface area contributed by atoms with E-state index in [2.05, 4.69) is 24.5 Å². The van der Waals surface area contributed by atoms with Crippen LogP contribution in [0.3, 0.4) is 0 Å². The van der Waals surface area contributed by atoms with Crippen LogP contribution >= 0.6 is 11.6 Å². The Balaban J connectivity index is 2.11. The molecule has 0 aliphatic rings. The summed E-state index contributed by atoms with van der Waals surface area (Å²) in [6, 6.07) is 7.00. The summed E-state index contributed by atoms with van der Waals surface area (Å²) in [5.41, 5.74) is 0. The van der Waals surface area contributed by atoms with Crippen molar-refractivity contribution in [2.24, 2.45) is 5.92 Å². The molecule has 1 rings (SSSR count). The van der Waals surface area contributed by atoms with Crippen LogP contribution in [-0.4, -0.2) is 25.7 Å². The molecule has 0 aliphatic carbocycles. The van der Waals surface area contributed by atoms with Gasteiger partial charge in [0.2, 0.25) is 0 Å². The minimum Gasteiger partial charge on any atom is -0.492 e. The highest BCUT2D eigenvalue weighted by Crippen LogP contribution is 2.15. The largest absolute Gasteiger partial charge is 0.492 e. The third kappa shape index (κ3) is 6.66. The zero-order chi connectivity index (χ0) is 14.8. The fourth-order valence-corrected chi connectivity index (χ4v) is 1.87. The second kappa shape index (κ2) is 9.48. The molecule has 1 aromatic rings. The van der Waals surface area contributed by atoms with Gasteiger partial charge >= 0.3 is 6.03 Å². The lowest BCUT2D eigenvalue weighted by Gasteiger charge is -2.14. The third-order valence-electron chi connectivity index (χ3n) is 3.18. The number of amides is 2. The highest BCUT2D eigenvalue weighted by Gasteiger charge is 2.05. The quantitative estimate of drug-likeness (QED) is 0.722. The van der Waals surface area contributed by atoms with Crippen LogP contribution in [0, 0.1) is 5.92 Å². The van der Waals surface area contributed by atoms with Crippen molar-refractivity contribution in [3.63, 3.8) is 0 Å². The van der Waals surface area contributed by atoms with Crippen molar-refractivity contribution in [1.82, 2.24) is 10.6 Å². The Kier molecular flexibility index (Phi) is 7.88. The van der Waals surface area contributed by atoms with E-state index in [0.717, 1.165) is 25.1 Å². The van der Waals surface area contributed by atoms with Crippen molar-refractivity contribution in [2.75, 3.05) is 19.7 Å². The summed E-state index contributed by atoms with van der Waals surface area (Å²) in [7, 11) is 0. The minimum atomic E-state index is -0.142. The molecule has 4 nitrogen and oxygen atoms in total. The third-order valence-corrected chi connectivity index (χ3v) is 3.43. The lowest BCUT2D eigenvalue weighted by Crippen LogP contribution is -2.39. The summed E-state index contributed by atoms with van der Waals surface area (Å²) in [6.45, 7) is 5.88. The molecule has 0 saturated carbocycles. The Morgan fingerprint density at radius 3 is 2.45 bits per heavy atom. The fourth-order valence-electron chi connectivity index (χ4n) is 1.74. The first-order valence-corrected chi connectivity index (χ1v) is 7.43. The Morgan fingerprint density at radius 2 is 1.85 bits per heavy atom.